The second-order valence-corrected chi connectivity index (χ2v) is 10.9. The molecule has 0 bridgehead atoms. The fraction of sp³-hybridized carbons (Fsp3) is 0.290. The molecule has 8 rings (SSSR count). The molecule has 7 heteroatoms. The maximum atomic E-state index is 13.9. The van der Waals surface area contributed by atoms with E-state index in [-0.39, 0.29) is 5.91 Å². The van der Waals surface area contributed by atoms with Crippen molar-refractivity contribution in [3.05, 3.63) is 72.4 Å². The Morgan fingerprint density at radius 2 is 1.87 bits per heavy atom. The predicted octanol–water partition coefficient (Wildman–Crippen LogP) is 6.10. The normalized spacial score (nSPS) is 18.9. The van der Waals surface area contributed by atoms with Crippen molar-refractivity contribution in [2.24, 2.45) is 0 Å². The van der Waals surface area contributed by atoms with E-state index in [1.54, 1.807) is 0 Å². The zero-order chi connectivity index (χ0) is 25.2. The Labute approximate surface area is 220 Å². The van der Waals surface area contributed by atoms with Gasteiger partial charge in [-0.15, -0.1) is 0 Å². The number of H-pyrrole nitrogens is 1. The van der Waals surface area contributed by atoms with Gasteiger partial charge < -0.3 is 25.1 Å². The highest BCUT2D eigenvalue weighted by molar-refractivity contribution is 6.02. The van der Waals surface area contributed by atoms with Crippen molar-refractivity contribution in [1.29, 1.82) is 0 Å². The third-order valence-corrected chi connectivity index (χ3v) is 8.31. The van der Waals surface area contributed by atoms with E-state index in [2.05, 4.69) is 73.6 Å². The number of amides is 1. The molecule has 1 amide bonds. The molecule has 1 aliphatic carbocycles. The van der Waals surface area contributed by atoms with Crippen LogP contribution in [0.5, 0.6) is 0 Å². The van der Waals surface area contributed by atoms with Crippen LogP contribution in [0.15, 0.2) is 66.9 Å². The van der Waals surface area contributed by atoms with Crippen molar-refractivity contribution in [2.45, 2.75) is 44.2 Å². The Kier molecular flexibility index (Phi) is 4.80. The van der Waals surface area contributed by atoms with E-state index in [9.17, 15) is 4.79 Å². The van der Waals surface area contributed by atoms with Gasteiger partial charge in [-0.25, -0.2) is 4.98 Å². The number of nitrogens with one attached hydrogen (secondary N) is 3. The second-order valence-electron chi connectivity index (χ2n) is 10.9. The average molecular weight is 503 g/mol. The zero-order valence-electron chi connectivity index (χ0n) is 21.2. The number of rotatable bonds is 5. The number of anilines is 3. The van der Waals surface area contributed by atoms with Gasteiger partial charge in [0.25, 0.3) is 0 Å². The number of imidazole rings is 1. The van der Waals surface area contributed by atoms with Crippen LogP contribution in [0.2, 0.25) is 0 Å². The molecule has 4 heterocycles. The van der Waals surface area contributed by atoms with Crippen LogP contribution < -0.4 is 15.5 Å². The molecule has 3 aliphatic rings. The number of aromatic nitrogens is 3. The first kappa shape index (κ1) is 21.8. The minimum Gasteiger partial charge on any atom is -0.382 e. The zero-order valence-corrected chi connectivity index (χ0v) is 21.2. The number of nitrogens with zero attached hydrogens (tertiary/aromatic N) is 3. The molecule has 1 saturated heterocycles. The Bertz CT molecular complexity index is 1700. The highest BCUT2D eigenvalue weighted by atomic mass is 16.2. The topological polar surface area (TPSA) is 78.0 Å². The van der Waals surface area contributed by atoms with Gasteiger partial charge in [-0.1, -0.05) is 18.2 Å². The van der Waals surface area contributed by atoms with Crippen LogP contribution in [-0.4, -0.2) is 39.6 Å². The predicted molar refractivity (Wildman–Crippen MR) is 153 cm³/mol. The number of aromatic amines is 1. The molecule has 38 heavy (non-hydrogen) atoms. The molecule has 2 fully saturated rings. The number of fused-ring (bicyclic) bond motifs is 6. The lowest BCUT2D eigenvalue weighted by Crippen LogP contribution is -2.26. The van der Waals surface area contributed by atoms with E-state index in [1.165, 1.54) is 31.4 Å². The molecule has 0 spiro atoms. The molecular formula is C31H30N6O. The molecule has 7 nitrogen and oxygen atoms in total. The minimum atomic E-state index is -0.431. The first-order valence-electron chi connectivity index (χ1n) is 13.7. The van der Waals surface area contributed by atoms with Crippen molar-refractivity contribution in [1.82, 2.24) is 14.5 Å². The molecule has 1 atom stereocenters. The van der Waals surface area contributed by atoms with Crippen molar-refractivity contribution in [2.75, 3.05) is 28.6 Å². The van der Waals surface area contributed by atoms with Gasteiger partial charge in [-0.05, 0) is 73.7 Å². The summed E-state index contributed by atoms with van der Waals surface area (Å²) in [5, 5.41) is 8.01. The van der Waals surface area contributed by atoms with Gasteiger partial charge in [0.15, 0.2) is 0 Å². The minimum absolute atomic E-state index is 0.0129. The lowest BCUT2D eigenvalue weighted by Gasteiger charge is -2.19. The standard InChI is InChI=1S/C31H30N6O/c38-31-29(15-19-18-32-25-6-2-1-5-23(19)25)37-28-12-10-22(36-13-3-4-14-36)17-27(28)34-30(37)24-16-21(33-20-7-8-20)9-11-26(24)35-31/h1-2,5-6,9-12,16-18,20,29,32-33H,3-4,7-8,13-15H2,(H,35,38). The summed E-state index contributed by atoms with van der Waals surface area (Å²) < 4.78 is 2.17. The van der Waals surface area contributed by atoms with Crippen LogP contribution in [-0.2, 0) is 11.2 Å². The van der Waals surface area contributed by atoms with Crippen molar-refractivity contribution in [3.63, 3.8) is 0 Å². The molecular weight excluding hydrogens is 472 g/mol. The van der Waals surface area contributed by atoms with E-state index in [0.29, 0.717) is 12.5 Å². The molecule has 1 unspecified atom stereocenters. The number of hydrogen-bond donors (Lipinski definition) is 3. The summed E-state index contributed by atoms with van der Waals surface area (Å²) in [6, 6.07) is 21.2. The Morgan fingerprint density at radius 1 is 1.00 bits per heavy atom. The van der Waals surface area contributed by atoms with Crippen molar-refractivity contribution < 1.29 is 4.79 Å². The number of para-hydroxylation sites is 1. The van der Waals surface area contributed by atoms with Crippen LogP contribution in [0, 0.1) is 0 Å². The second kappa shape index (κ2) is 8.38. The summed E-state index contributed by atoms with van der Waals surface area (Å²) in [6.07, 6.45) is 7.49. The summed E-state index contributed by atoms with van der Waals surface area (Å²) in [6.45, 7) is 2.17. The number of benzene rings is 3. The average Bonchev–Trinajstić information content (AvgIpc) is 3.31. The van der Waals surface area contributed by atoms with E-state index in [4.69, 9.17) is 4.98 Å². The van der Waals surface area contributed by atoms with Crippen LogP contribution in [0.3, 0.4) is 0 Å². The summed E-state index contributed by atoms with van der Waals surface area (Å²) in [5.41, 5.74) is 8.22. The van der Waals surface area contributed by atoms with Gasteiger partial charge in [-0.3, -0.25) is 4.79 Å². The molecule has 2 aromatic heterocycles. The maximum Gasteiger partial charge on any atom is 0.247 e. The molecule has 1 saturated carbocycles. The number of carbonyl (C=O) groups excluding carboxylic acids is 1. The van der Waals surface area contributed by atoms with E-state index < -0.39 is 6.04 Å². The quantitative estimate of drug-likeness (QED) is 0.272. The molecule has 3 N–H and O–H groups in total. The van der Waals surface area contributed by atoms with Gasteiger partial charge in [0.1, 0.15) is 11.9 Å². The number of carbonyl (C=O) groups is 1. The molecule has 2 aliphatic heterocycles. The summed E-state index contributed by atoms with van der Waals surface area (Å²) in [4.78, 5) is 24.9. The maximum absolute atomic E-state index is 13.9. The number of hydrogen-bond acceptors (Lipinski definition) is 4. The Morgan fingerprint density at radius 3 is 2.74 bits per heavy atom. The first-order chi connectivity index (χ1) is 18.7. The highest BCUT2D eigenvalue weighted by Crippen LogP contribution is 2.41. The van der Waals surface area contributed by atoms with E-state index in [0.717, 1.165) is 63.4 Å². The Hall–Kier alpha value is -4.26. The molecule has 0 radical (unpaired) electrons. The monoisotopic (exact) mass is 502 g/mol. The third kappa shape index (κ3) is 3.56. The van der Waals surface area contributed by atoms with Crippen LogP contribution in [0.1, 0.15) is 37.3 Å². The summed E-state index contributed by atoms with van der Waals surface area (Å²) in [7, 11) is 0. The summed E-state index contributed by atoms with van der Waals surface area (Å²) >= 11 is 0. The Balaban J connectivity index is 1.30. The van der Waals surface area contributed by atoms with Crippen molar-refractivity contribution in [3.8, 4) is 11.4 Å². The molecule has 190 valence electrons. The third-order valence-electron chi connectivity index (χ3n) is 8.31. The van der Waals surface area contributed by atoms with Gasteiger partial charge in [-0.2, -0.15) is 0 Å². The van der Waals surface area contributed by atoms with Crippen LogP contribution in [0.25, 0.3) is 33.3 Å². The van der Waals surface area contributed by atoms with Gasteiger partial charge >= 0.3 is 0 Å². The van der Waals surface area contributed by atoms with Gasteiger partial charge in [0.2, 0.25) is 5.91 Å². The largest absolute Gasteiger partial charge is 0.382 e. The van der Waals surface area contributed by atoms with Crippen molar-refractivity contribution >= 4 is 44.9 Å². The molecule has 5 aromatic rings. The van der Waals surface area contributed by atoms with Crippen LogP contribution in [0.4, 0.5) is 17.1 Å². The van der Waals surface area contributed by atoms with Gasteiger partial charge in [0.05, 0.1) is 16.7 Å². The van der Waals surface area contributed by atoms with E-state index >= 15 is 0 Å². The first-order valence-corrected chi connectivity index (χ1v) is 13.7. The highest BCUT2D eigenvalue weighted by Gasteiger charge is 2.33. The fourth-order valence-corrected chi connectivity index (χ4v) is 6.18. The summed E-state index contributed by atoms with van der Waals surface area (Å²) in [5.74, 6) is 0.831. The molecule has 3 aromatic carbocycles. The lowest BCUT2D eigenvalue weighted by atomic mass is 10.0. The lowest BCUT2D eigenvalue weighted by molar-refractivity contribution is -0.119. The van der Waals surface area contributed by atoms with E-state index in [1.807, 2.05) is 18.3 Å². The smallest absolute Gasteiger partial charge is 0.247 e. The SMILES string of the molecule is O=C1Nc2ccc(NC3CC3)cc2-c2nc3cc(N4CCCC4)ccc3n2C1Cc1c[nH]c2ccccc12. The van der Waals surface area contributed by atoms with Crippen LogP contribution >= 0.6 is 0 Å². The van der Waals surface area contributed by atoms with Gasteiger partial charge in [0, 0.05) is 59.6 Å². The fourth-order valence-electron chi connectivity index (χ4n) is 6.18.